The number of primary amides is 1. The van der Waals surface area contributed by atoms with Gasteiger partial charge in [-0.1, -0.05) is 12.1 Å². The molecule has 136 valence electrons. The number of ketones is 1. The quantitative estimate of drug-likeness (QED) is 0.782. The van der Waals surface area contributed by atoms with Gasteiger partial charge in [0.15, 0.2) is 5.78 Å². The van der Waals surface area contributed by atoms with Crippen molar-refractivity contribution in [1.82, 2.24) is 9.88 Å². The first-order valence-electron chi connectivity index (χ1n) is 8.69. The number of aromatic amines is 1. The molecular weight excluding hydrogens is 330 g/mol. The number of Topliss-reactive ketones (excluding diaryl/α,β-unsaturated/α-hetero) is 1. The van der Waals surface area contributed by atoms with E-state index >= 15 is 0 Å². The molecule has 0 saturated heterocycles. The number of nitrogens with one attached hydrogen (secondary N) is 1. The third-order valence-corrected chi connectivity index (χ3v) is 4.84. The van der Waals surface area contributed by atoms with Crippen LogP contribution in [0.1, 0.15) is 67.8 Å². The molecule has 0 aliphatic heterocycles. The lowest BCUT2D eigenvalue weighted by Gasteiger charge is -2.22. The summed E-state index contributed by atoms with van der Waals surface area (Å²) in [7, 11) is 0. The molecule has 6 nitrogen and oxygen atoms in total. The van der Waals surface area contributed by atoms with Crippen molar-refractivity contribution in [1.29, 1.82) is 0 Å². The second-order valence-corrected chi connectivity index (χ2v) is 6.91. The Balaban J connectivity index is 1.87. The Morgan fingerprint density at radius 2 is 1.77 bits per heavy atom. The van der Waals surface area contributed by atoms with Crippen LogP contribution >= 0.6 is 0 Å². The zero-order valence-electron chi connectivity index (χ0n) is 15.3. The molecule has 1 aromatic heterocycles. The molecule has 1 saturated carbocycles. The summed E-state index contributed by atoms with van der Waals surface area (Å²) in [5.74, 6) is -0.615. The smallest absolute Gasteiger partial charge is 0.271 e. The molecule has 1 aliphatic rings. The van der Waals surface area contributed by atoms with Crippen LogP contribution in [0.4, 0.5) is 0 Å². The van der Waals surface area contributed by atoms with Crippen molar-refractivity contribution in [3.63, 3.8) is 0 Å². The fourth-order valence-corrected chi connectivity index (χ4v) is 3.36. The number of carbonyl (C=O) groups excluding carboxylic acids is 3. The molecular formula is C20H23N3O3. The zero-order chi connectivity index (χ0) is 19.0. The van der Waals surface area contributed by atoms with Gasteiger partial charge >= 0.3 is 0 Å². The van der Waals surface area contributed by atoms with Crippen LogP contribution in [-0.2, 0) is 6.54 Å². The van der Waals surface area contributed by atoms with Crippen LogP contribution in [0.3, 0.4) is 0 Å². The molecule has 1 aromatic carbocycles. The molecule has 1 heterocycles. The minimum atomic E-state index is -0.471. The first kappa shape index (κ1) is 17.9. The van der Waals surface area contributed by atoms with Crippen LogP contribution in [0.2, 0.25) is 0 Å². The van der Waals surface area contributed by atoms with Gasteiger partial charge in [0.1, 0.15) is 5.69 Å². The van der Waals surface area contributed by atoms with Gasteiger partial charge in [-0.2, -0.15) is 0 Å². The fraction of sp³-hybridized carbons (Fsp3) is 0.350. The van der Waals surface area contributed by atoms with Gasteiger partial charge in [0.2, 0.25) is 5.91 Å². The Labute approximate surface area is 152 Å². The number of nitrogens with zero attached hydrogens (tertiary/aromatic N) is 1. The van der Waals surface area contributed by atoms with Crippen molar-refractivity contribution in [2.45, 2.75) is 46.2 Å². The van der Waals surface area contributed by atoms with Gasteiger partial charge in [0.05, 0.1) is 0 Å². The van der Waals surface area contributed by atoms with E-state index < -0.39 is 5.91 Å². The average molecular weight is 353 g/mol. The lowest BCUT2D eigenvalue weighted by Crippen LogP contribution is -2.33. The lowest BCUT2D eigenvalue weighted by atomic mass is 10.1. The highest BCUT2D eigenvalue weighted by molar-refractivity contribution is 6.02. The molecule has 2 amide bonds. The molecule has 3 N–H and O–H groups in total. The number of aryl methyl sites for hydroxylation is 1. The predicted molar refractivity (Wildman–Crippen MR) is 98.1 cm³/mol. The third kappa shape index (κ3) is 3.40. The summed E-state index contributed by atoms with van der Waals surface area (Å²) in [6.45, 7) is 5.58. The van der Waals surface area contributed by atoms with Crippen LogP contribution in [0, 0.1) is 13.8 Å². The van der Waals surface area contributed by atoms with Gasteiger partial charge in [0.25, 0.3) is 5.91 Å². The van der Waals surface area contributed by atoms with Crippen LogP contribution in [0.25, 0.3) is 0 Å². The van der Waals surface area contributed by atoms with Gasteiger partial charge in [-0.05, 0) is 56.9 Å². The highest BCUT2D eigenvalue weighted by atomic mass is 16.2. The molecule has 1 fully saturated rings. The first-order chi connectivity index (χ1) is 12.3. The Hall–Kier alpha value is -2.89. The number of amides is 2. The molecule has 6 heteroatoms. The predicted octanol–water partition coefficient (Wildman–Crippen LogP) is 2.74. The van der Waals surface area contributed by atoms with Crippen molar-refractivity contribution in [2.24, 2.45) is 5.73 Å². The summed E-state index contributed by atoms with van der Waals surface area (Å²) in [5.41, 5.74) is 9.15. The third-order valence-electron chi connectivity index (χ3n) is 4.84. The number of H-pyrrole nitrogens is 1. The number of nitrogens with two attached hydrogens (primary N) is 1. The largest absolute Gasteiger partial charge is 0.366 e. The topological polar surface area (TPSA) is 96.3 Å². The highest BCUT2D eigenvalue weighted by Crippen LogP contribution is 2.31. The zero-order valence-corrected chi connectivity index (χ0v) is 15.3. The van der Waals surface area contributed by atoms with E-state index in [-0.39, 0.29) is 17.7 Å². The molecule has 0 unspecified atom stereocenters. The highest BCUT2D eigenvalue weighted by Gasteiger charge is 2.35. The van der Waals surface area contributed by atoms with Crippen molar-refractivity contribution in [2.75, 3.05) is 0 Å². The van der Waals surface area contributed by atoms with E-state index in [0.717, 1.165) is 24.1 Å². The summed E-state index contributed by atoms with van der Waals surface area (Å²) in [5, 5.41) is 0. The van der Waals surface area contributed by atoms with E-state index in [9.17, 15) is 14.4 Å². The standard InChI is InChI=1S/C20H23N3O3/c1-11-17(13(3)24)12(2)22-18(11)20(26)23(16-8-9-16)10-14-4-6-15(7-5-14)19(21)25/h4-7,16,22H,8-10H2,1-3H3,(H2,21,25). The normalized spacial score (nSPS) is 13.5. The molecule has 0 bridgehead atoms. The van der Waals surface area contributed by atoms with E-state index in [1.807, 2.05) is 24.0 Å². The maximum absolute atomic E-state index is 13.1. The number of rotatable bonds is 6. The maximum Gasteiger partial charge on any atom is 0.271 e. The molecule has 0 atom stereocenters. The van der Waals surface area contributed by atoms with Crippen molar-refractivity contribution in [3.8, 4) is 0 Å². The molecule has 2 aromatic rings. The van der Waals surface area contributed by atoms with Gasteiger partial charge in [-0.3, -0.25) is 14.4 Å². The minimum Gasteiger partial charge on any atom is -0.366 e. The minimum absolute atomic E-state index is 0.0460. The monoisotopic (exact) mass is 353 g/mol. The fourth-order valence-electron chi connectivity index (χ4n) is 3.36. The van der Waals surface area contributed by atoms with Crippen LogP contribution in [0.5, 0.6) is 0 Å². The number of hydrogen-bond acceptors (Lipinski definition) is 3. The second kappa shape index (κ2) is 6.78. The van der Waals surface area contributed by atoms with Gasteiger partial charge in [-0.15, -0.1) is 0 Å². The van der Waals surface area contributed by atoms with E-state index in [2.05, 4.69) is 4.98 Å². The Bertz CT molecular complexity index is 876. The Morgan fingerprint density at radius 1 is 1.15 bits per heavy atom. The van der Waals surface area contributed by atoms with Crippen LogP contribution < -0.4 is 5.73 Å². The molecule has 1 aliphatic carbocycles. The van der Waals surface area contributed by atoms with Crippen LogP contribution in [0.15, 0.2) is 24.3 Å². The summed E-state index contributed by atoms with van der Waals surface area (Å²) in [6, 6.07) is 7.19. The molecule has 0 radical (unpaired) electrons. The van der Waals surface area contributed by atoms with Crippen molar-refractivity contribution < 1.29 is 14.4 Å². The lowest BCUT2D eigenvalue weighted by molar-refractivity contribution is 0.0723. The summed E-state index contributed by atoms with van der Waals surface area (Å²) in [6.07, 6.45) is 1.95. The Kier molecular flexibility index (Phi) is 4.68. The number of aromatic nitrogens is 1. The van der Waals surface area contributed by atoms with E-state index in [0.29, 0.717) is 28.9 Å². The summed E-state index contributed by atoms with van der Waals surface area (Å²) in [4.78, 5) is 41.1. The van der Waals surface area contributed by atoms with E-state index in [4.69, 9.17) is 5.73 Å². The van der Waals surface area contributed by atoms with Gasteiger partial charge < -0.3 is 15.6 Å². The molecule has 26 heavy (non-hydrogen) atoms. The van der Waals surface area contributed by atoms with E-state index in [1.54, 1.807) is 19.1 Å². The number of benzene rings is 1. The van der Waals surface area contributed by atoms with Crippen molar-refractivity contribution in [3.05, 3.63) is 57.9 Å². The Morgan fingerprint density at radius 3 is 2.23 bits per heavy atom. The number of carbonyl (C=O) groups is 3. The van der Waals surface area contributed by atoms with Crippen molar-refractivity contribution >= 4 is 17.6 Å². The average Bonchev–Trinajstić information content (AvgIpc) is 3.37. The van der Waals surface area contributed by atoms with Gasteiger partial charge in [0, 0.05) is 29.4 Å². The van der Waals surface area contributed by atoms with Gasteiger partial charge in [-0.25, -0.2) is 0 Å². The molecule has 0 spiro atoms. The van der Waals surface area contributed by atoms with Crippen LogP contribution in [-0.4, -0.2) is 33.5 Å². The maximum atomic E-state index is 13.1. The molecule has 3 rings (SSSR count). The first-order valence-corrected chi connectivity index (χ1v) is 8.69. The number of hydrogen-bond donors (Lipinski definition) is 2. The van der Waals surface area contributed by atoms with E-state index in [1.165, 1.54) is 6.92 Å². The summed E-state index contributed by atoms with van der Waals surface area (Å²) < 4.78 is 0. The SMILES string of the molecule is CC(=O)c1c(C)[nH]c(C(=O)N(Cc2ccc(C(N)=O)cc2)C2CC2)c1C. The second-order valence-electron chi connectivity index (χ2n) is 6.91. The summed E-state index contributed by atoms with van der Waals surface area (Å²) >= 11 is 0.